The molecule has 0 radical (unpaired) electrons. The summed E-state index contributed by atoms with van der Waals surface area (Å²) in [5, 5.41) is 9.09. The Hall–Kier alpha value is -4.59. The smallest absolute Gasteiger partial charge is 0.323 e. The molecule has 1 aliphatic heterocycles. The minimum absolute atomic E-state index is 0.0425. The Bertz CT molecular complexity index is 1400. The van der Waals surface area contributed by atoms with Crippen molar-refractivity contribution in [2.24, 2.45) is 0 Å². The van der Waals surface area contributed by atoms with Crippen molar-refractivity contribution in [1.82, 2.24) is 4.98 Å². The summed E-state index contributed by atoms with van der Waals surface area (Å²) in [5.41, 5.74) is 7.01. The zero-order valence-electron chi connectivity index (χ0n) is 19.5. The number of aromatic nitrogens is 1. The van der Waals surface area contributed by atoms with Crippen molar-refractivity contribution in [3.8, 4) is 11.3 Å². The van der Waals surface area contributed by atoms with Gasteiger partial charge in [-0.25, -0.2) is 9.78 Å². The lowest BCUT2D eigenvalue weighted by Gasteiger charge is -2.16. The minimum Gasteiger partial charge on any atom is -0.444 e. The van der Waals surface area contributed by atoms with Crippen molar-refractivity contribution in [2.45, 2.75) is 20.3 Å². The quantitative estimate of drug-likeness (QED) is 0.337. The second kappa shape index (κ2) is 9.34. The molecule has 1 aliphatic rings. The highest BCUT2D eigenvalue weighted by molar-refractivity contribution is 6.00. The van der Waals surface area contributed by atoms with E-state index in [1.165, 1.54) is 12.0 Å². The predicted octanol–water partition coefficient (Wildman–Crippen LogP) is 5.95. The van der Waals surface area contributed by atoms with Crippen LogP contribution in [0, 0.1) is 6.92 Å². The Labute approximate surface area is 203 Å². The normalized spacial score (nSPS) is 12.2. The monoisotopic (exact) mass is 467 g/mol. The van der Waals surface area contributed by atoms with Crippen molar-refractivity contribution in [1.29, 1.82) is 0 Å². The van der Waals surface area contributed by atoms with Gasteiger partial charge in [0.25, 0.3) is 0 Å². The van der Waals surface area contributed by atoms with Gasteiger partial charge in [0.2, 0.25) is 5.91 Å². The van der Waals surface area contributed by atoms with E-state index in [1.807, 2.05) is 67.6 Å². The van der Waals surface area contributed by atoms with E-state index in [4.69, 9.17) is 4.42 Å². The molecular formula is C27H25N5O3. The van der Waals surface area contributed by atoms with E-state index in [0.717, 1.165) is 34.6 Å². The number of aryl methyl sites for hydroxylation is 1. The number of nitrogens with one attached hydrogen (secondary N) is 3. The lowest BCUT2D eigenvalue weighted by Crippen LogP contribution is -2.25. The summed E-state index contributed by atoms with van der Waals surface area (Å²) >= 11 is 0. The molecule has 1 aromatic heterocycles. The fourth-order valence-electron chi connectivity index (χ4n) is 4.29. The Balaban J connectivity index is 1.24. The number of hydrogen-bond donors (Lipinski definition) is 3. The number of nitrogens with zero attached hydrogens (tertiary/aromatic N) is 2. The van der Waals surface area contributed by atoms with Gasteiger partial charge in [-0.15, -0.1) is 0 Å². The Kier molecular flexibility index (Phi) is 5.93. The second-order valence-electron chi connectivity index (χ2n) is 8.44. The van der Waals surface area contributed by atoms with E-state index in [1.54, 1.807) is 18.0 Å². The standard InChI is InChI=1S/C27H25N5O3/c1-17-12-22(8-9-24(17)26-15-28-16-35-26)31-27(34)30-21-5-3-4-20(13-21)29-23-7-6-19-10-11-32(18(2)33)25(19)14-23/h3-9,12-16,29H,10-11H2,1-2H3,(H2,30,31,34). The first-order chi connectivity index (χ1) is 17.0. The maximum atomic E-state index is 12.6. The fourth-order valence-corrected chi connectivity index (χ4v) is 4.29. The van der Waals surface area contributed by atoms with Gasteiger partial charge in [0.1, 0.15) is 0 Å². The summed E-state index contributed by atoms with van der Waals surface area (Å²) in [5.74, 6) is 0.723. The van der Waals surface area contributed by atoms with Gasteiger partial charge in [0.05, 0.1) is 6.20 Å². The molecule has 0 unspecified atom stereocenters. The average molecular weight is 468 g/mol. The molecule has 3 N–H and O–H groups in total. The minimum atomic E-state index is -0.344. The lowest BCUT2D eigenvalue weighted by molar-refractivity contribution is -0.116. The van der Waals surface area contributed by atoms with E-state index in [-0.39, 0.29) is 11.9 Å². The second-order valence-corrected chi connectivity index (χ2v) is 8.44. The van der Waals surface area contributed by atoms with Crippen LogP contribution in [-0.4, -0.2) is 23.5 Å². The van der Waals surface area contributed by atoms with Crippen LogP contribution in [0.2, 0.25) is 0 Å². The van der Waals surface area contributed by atoms with Crippen LogP contribution in [-0.2, 0) is 11.2 Å². The molecule has 0 fully saturated rings. The van der Waals surface area contributed by atoms with Crippen LogP contribution in [0.1, 0.15) is 18.1 Å². The van der Waals surface area contributed by atoms with E-state index in [2.05, 4.69) is 20.9 Å². The third-order valence-corrected chi connectivity index (χ3v) is 5.95. The molecule has 0 saturated carbocycles. The molecule has 0 spiro atoms. The average Bonchev–Trinajstić information content (AvgIpc) is 3.49. The van der Waals surface area contributed by atoms with Gasteiger partial charge in [-0.1, -0.05) is 12.1 Å². The largest absolute Gasteiger partial charge is 0.444 e. The first-order valence-corrected chi connectivity index (χ1v) is 11.3. The molecule has 5 rings (SSSR count). The zero-order valence-corrected chi connectivity index (χ0v) is 19.5. The molecule has 8 nitrogen and oxygen atoms in total. The van der Waals surface area contributed by atoms with E-state index in [9.17, 15) is 9.59 Å². The van der Waals surface area contributed by atoms with Gasteiger partial charge < -0.3 is 25.3 Å². The molecule has 176 valence electrons. The van der Waals surface area contributed by atoms with Gasteiger partial charge >= 0.3 is 6.03 Å². The number of amides is 3. The molecule has 0 bridgehead atoms. The van der Waals surface area contributed by atoms with Crippen molar-refractivity contribution in [3.63, 3.8) is 0 Å². The molecular weight excluding hydrogens is 442 g/mol. The lowest BCUT2D eigenvalue weighted by atomic mass is 10.1. The Morgan fingerprint density at radius 3 is 2.43 bits per heavy atom. The van der Waals surface area contributed by atoms with Crippen molar-refractivity contribution < 1.29 is 14.0 Å². The number of carbonyl (C=O) groups excluding carboxylic acids is 2. The first-order valence-electron chi connectivity index (χ1n) is 11.3. The number of hydrogen-bond acceptors (Lipinski definition) is 5. The van der Waals surface area contributed by atoms with Crippen LogP contribution < -0.4 is 20.9 Å². The molecule has 0 atom stereocenters. The van der Waals surface area contributed by atoms with E-state index >= 15 is 0 Å². The molecule has 0 saturated heterocycles. The third-order valence-electron chi connectivity index (χ3n) is 5.95. The van der Waals surface area contributed by atoms with Crippen molar-refractivity contribution >= 4 is 40.4 Å². The van der Waals surface area contributed by atoms with Crippen LogP contribution in [0.5, 0.6) is 0 Å². The summed E-state index contributed by atoms with van der Waals surface area (Å²) in [4.78, 5) is 30.2. The number of oxazole rings is 1. The maximum absolute atomic E-state index is 12.6. The number of carbonyl (C=O) groups is 2. The highest BCUT2D eigenvalue weighted by Gasteiger charge is 2.22. The Morgan fingerprint density at radius 1 is 0.943 bits per heavy atom. The molecule has 2 heterocycles. The van der Waals surface area contributed by atoms with Crippen LogP contribution in [0.3, 0.4) is 0 Å². The molecule has 0 aliphatic carbocycles. The summed E-state index contributed by atoms with van der Waals surface area (Å²) in [6, 6.07) is 18.7. The van der Waals surface area contributed by atoms with Gasteiger partial charge in [-0.2, -0.15) is 0 Å². The molecule has 4 aromatic rings. The van der Waals surface area contributed by atoms with E-state index < -0.39 is 0 Å². The van der Waals surface area contributed by atoms with Crippen LogP contribution in [0.4, 0.5) is 33.2 Å². The Morgan fingerprint density at radius 2 is 1.69 bits per heavy atom. The van der Waals surface area contributed by atoms with Crippen molar-refractivity contribution in [2.75, 3.05) is 27.4 Å². The van der Waals surface area contributed by atoms with Gasteiger partial charge in [-0.3, -0.25) is 4.79 Å². The number of fused-ring (bicyclic) bond motifs is 1. The maximum Gasteiger partial charge on any atom is 0.323 e. The molecule has 3 aromatic carbocycles. The van der Waals surface area contributed by atoms with E-state index in [0.29, 0.717) is 23.7 Å². The van der Waals surface area contributed by atoms with Gasteiger partial charge in [0.15, 0.2) is 12.2 Å². The number of rotatable bonds is 5. The fraction of sp³-hybridized carbons (Fsp3) is 0.148. The van der Waals surface area contributed by atoms with Crippen LogP contribution in [0.25, 0.3) is 11.3 Å². The van der Waals surface area contributed by atoms with Gasteiger partial charge in [-0.05, 0) is 73.0 Å². The zero-order chi connectivity index (χ0) is 24.4. The number of benzene rings is 3. The van der Waals surface area contributed by atoms with Crippen molar-refractivity contribution in [3.05, 3.63) is 84.4 Å². The highest BCUT2D eigenvalue weighted by Crippen LogP contribution is 2.32. The first kappa shape index (κ1) is 22.2. The molecule has 35 heavy (non-hydrogen) atoms. The van der Waals surface area contributed by atoms with Crippen LogP contribution in [0.15, 0.2) is 77.7 Å². The predicted molar refractivity (Wildman–Crippen MR) is 137 cm³/mol. The summed E-state index contributed by atoms with van der Waals surface area (Å²) in [6.45, 7) is 4.25. The topological polar surface area (TPSA) is 99.5 Å². The molecule has 8 heteroatoms. The third kappa shape index (κ3) is 4.86. The summed E-state index contributed by atoms with van der Waals surface area (Å²) in [6.07, 6.45) is 3.92. The molecule has 3 amide bonds. The van der Waals surface area contributed by atoms with Gasteiger partial charge in [0, 0.05) is 47.5 Å². The number of anilines is 5. The number of urea groups is 1. The summed E-state index contributed by atoms with van der Waals surface area (Å²) < 4.78 is 5.36. The summed E-state index contributed by atoms with van der Waals surface area (Å²) in [7, 11) is 0. The highest BCUT2D eigenvalue weighted by atomic mass is 16.3. The van der Waals surface area contributed by atoms with Crippen LogP contribution >= 0.6 is 0 Å². The SMILES string of the molecule is CC(=O)N1CCc2ccc(Nc3cccc(NC(=O)Nc4ccc(-c5cnco5)c(C)c4)c3)cc21.